The number of nitrogens with zero attached hydrogens (tertiary/aromatic N) is 1. The van der Waals surface area contributed by atoms with Crippen molar-refractivity contribution in [1.29, 1.82) is 0 Å². The van der Waals surface area contributed by atoms with Crippen molar-refractivity contribution in [2.75, 3.05) is 25.0 Å². The summed E-state index contributed by atoms with van der Waals surface area (Å²) in [7, 11) is 0. The Morgan fingerprint density at radius 3 is 2.79 bits per heavy atom. The van der Waals surface area contributed by atoms with Crippen LogP contribution >= 0.6 is 23.2 Å². The fourth-order valence-electron chi connectivity index (χ4n) is 1.20. The summed E-state index contributed by atoms with van der Waals surface area (Å²) in [6.45, 7) is 2.67. The molecule has 0 saturated carbocycles. The van der Waals surface area contributed by atoms with E-state index in [0.29, 0.717) is 29.0 Å². The Morgan fingerprint density at radius 2 is 2.16 bits per heavy atom. The molecule has 19 heavy (non-hydrogen) atoms. The number of pyridine rings is 1. The fourth-order valence-corrected chi connectivity index (χ4v) is 1.65. The molecule has 1 atom stereocenters. The van der Waals surface area contributed by atoms with Crippen LogP contribution in [0.25, 0.3) is 0 Å². The number of urea groups is 1. The van der Waals surface area contributed by atoms with Gasteiger partial charge in [-0.3, -0.25) is 0 Å². The number of aliphatic hydroxyl groups is 1. The van der Waals surface area contributed by atoms with E-state index >= 15 is 0 Å². The van der Waals surface area contributed by atoms with Crippen LogP contribution in [0, 0.1) is 0 Å². The first-order chi connectivity index (χ1) is 8.99. The van der Waals surface area contributed by atoms with Gasteiger partial charge in [-0.05, 0) is 13.0 Å². The van der Waals surface area contributed by atoms with Gasteiger partial charge in [0, 0.05) is 25.8 Å². The Bertz CT molecular complexity index is 429. The lowest BCUT2D eigenvalue weighted by molar-refractivity contribution is 0.187. The number of anilines is 1. The maximum atomic E-state index is 11.3. The molecule has 0 bridgehead atoms. The van der Waals surface area contributed by atoms with E-state index in [-0.39, 0.29) is 12.6 Å². The van der Waals surface area contributed by atoms with E-state index in [4.69, 9.17) is 28.3 Å². The molecule has 4 N–H and O–H groups in total. The average molecular weight is 307 g/mol. The topological polar surface area (TPSA) is 86.3 Å². The molecule has 0 spiro atoms. The van der Waals surface area contributed by atoms with E-state index in [2.05, 4.69) is 20.9 Å². The molecule has 0 aliphatic heterocycles. The second-order valence-electron chi connectivity index (χ2n) is 3.90. The van der Waals surface area contributed by atoms with Gasteiger partial charge >= 0.3 is 6.03 Å². The Balaban J connectivity index is 2.22. The van der Waals surface area contributed by atoms with Crippen LogP contribution in [0.3, 0.4) is 0 Å². The maximum absolute atomic E-state index is 11.3. The molecular weight excluding hydrogens is 291 g/mol. The van der Waals surface area contributed by atoms with Gasteiger partial charge in [0.15, 0.2) is 0 Å². The Morgan fingerprint density at radius 1 is 1.42 bits per heavy atom. The lowest BCUT2D eigenvalue weighted by atomic mass is 10.4. The summed E-state index contributed by atoms with van der Waals surface area (Å²) >= 11 is 11.6. The van der Waals surface area contributed by atoms with Crippen LogP contribution in [0.15, 0.2) is 12.3 Å². The van der Waals surface area contributed by atoms with Gasteiger partial charge in [0.05, 0.1) is 16.1 Å². The molecule has 0 aliphatic carbocycles. The number of aromatic nitrogens is 1. The van der Waals surface area contributed by atoms with Gasteiger partial charge in [-0.25, -0.2) is 9.78 Å². The summed E-state index contributed by atoms with van der Waals surface area (Å²) in [6, 6.07) is 1.25. The minimum absolute atomic E-state index is 0.212. The van der Waals surface area contributed by atoms with Gasteiger partial charge in [-0.15, -0.1) is 0 Å². The normalized spacial score (nSPS) is 11.8. The van der Waals surface area contributed by atoms with Crippen LogP contribution in [0.1, 0.15) is 6.92 Å². The third-order valence-corrected chi connectivity index (χ3v) is 2.56. The van der Waals surface area contributed by atoms with Gasteiger partial charge in [-0.1, -0.05) is 23.2 Å². The van der Waals surface area contributed by atoms with Crippen molar-refractivity contribution >= 4 is 35.1 Å². The Hall–Kier alpha value is -1.24. The minimum atomic E-state index is -0.569. The molecule has 1 rings (SSSR count). The molecule has 0 fully saturated rings. The van der Waals surface area contributed by atoms with E-state index < -0.39 is 6.10 Å². The Kier molecular flexibility index (Phi) is 6.69. The third-order valence-electron chi connectivity index (χ3n) is 2.07. The smallest absolute Gasteiger partial charge is 0.314 e. The molecule has 1 aromatic rings. The molecule has 0 radical (unpaired) electrons. The molecule has 2 amide bonds. The second kappa shape index (κ2) is 8.04. The molecule has 1 aromatic heterocycles. The molecule has 106 valence electrons. The van der Waals surface area contributed by atoms with Crippen LogP contribution in [-0.4, -0.2) is 41.9 Å². The zero-order valence-electron chi connectivity index (χ0n) is 10.4. The fraction of sp³-hybridized carbons (Fsp3) is 0.455. The summed E-state index contributed by atoms with van der Waals surface area (Å²) in [5, 5.41) is 18.0. The van der Waals surface area contributed by atoms with E-state index in [0.717, 1.165) is 0 Å². The highest BCUT2D eigenvalue weighted by Crippen LogP contribution is 2.21. The Labute approximate surface area is 121 Å². The van der Waals surface area contributed by atoms with Crippen molar-refractivity contribution in [2.45, 2.75) is 13.0 Å². The number of hydrogen-bond donors (Lipinski definition) is 4. The van der Waals surface area contributed by atoms with Crippen molar-refractivity contribution in [3.05, 3.63) is 22.3 Å². The first-order valence-corrected chi connectivity index (χ1v) is 6.49. The van der Waals surface area contributed by atoms with Crippen LogP contribution < -0.4 is 16.0 Å². The highest BCUT2D eigenvalue weighted by molar-refractivity contribution is 6.35. The predicted octanol–water partition coefficient (Wildman–Crippen LogP) is 1.48. The molecule has 6 nitrogen and oxygen atoms in total. The van der Waals surface area contributed by atoms with Crippen molar-refractivity contribution < 1.29 is 9.90 Å². The number of carbonyl (C=O) groups is 1. The first-order valence-electron chi connectivity index (χ1n) is 5.73. The average Bonchev–Trinajstić information content (AvgIpc) is 2.34. The zero-order chi connectivity index (χ0) is 14.3. The monoisotopic (exact) mass is 306 g/mol. The maximum Gasteiger partial charge on any atom is 0.314 e. The quantitative estimate of drug-likeness (QED) is 0.600. The van der Waals surface area contributed by atoms with Gasteiger partial charge in [0.1, 0.15) is 5.82 Å². The zero-order valence-corrected chi connectivity index (χ0v) is 11.9. The van der Waals surface area contributed by atoms with Crippen LogP contribution in [0.5, 0.6) is 0 Å². The number of halogens is 2. The molecule has 0 aromatic carbocycles. The van der Waals surface area contributed by atoms with Crippen LogP contribution in [0.4, 0.5) is 10.6 Å². The van der Waals surface area contributed by atoms with E-state index in [1.54, 1.807) is 13.0 Å². The summed E-state index contributed by atoms with van der Waals surface area (Å²) in [5.74, 6) is 0.511. The van der Waals surface area contributed by atoms with Gasteiger partial charge in [0.2, 0.25) is 0 Å². The van der Waals surface area contributed by atoms with Gasteiger partial charge < -0.3 is 21.1 Å². The third kappa shape index (κ3) is 6.47. The van der Waals surface area contributed by atoms with Crippen molar-refractivity contribution in [1.82, 2.24) is 15.6 Å². The number of hydrogen-bond acceptors (Lipinski definition) is 4. The van der Waals surface area contributed by atoms with E-state index in [1.807, 2.05) is 0 Å². The number of carbonyl (C=O) groups excluding carboxylic acids is 1. The van der Waals surface area contributed by atoms with Crippen LogP contribution in [-0.2, 0) is 0 Å². The summed E-state index contributed by atoms with van der Waals surface area (Å²) < 4.78 is 0. The minimum Gasteiger partial charge on any atom is -0.392 e. The van der Waals surface area contributed by atoms with Crippen LogP contribution in [0.2, 0.25) is 10.0 Å². The van der Waals surface area contributed by atoms with Crippen molar-refractivity contribution in [3.63, 3.8) is 0 Å². The van der Waals surface area contributed by atoms with Crippen molar-refractivity contribution in [3.8, 4) is 0 Å². The SMILES string of the molecule is C[C@@H](O)CNC(=O)NCCNc1ncc(Cl)cc1Cl. The molecule has 8 heteroatoms. The van der Waals surface area contributed by atoms with Crippen molar-refractivity contribution in [2.24, 2.45) is 0 Å². The summed E-state index contributed by atoms with van der Waals surface area (Å²) in [4.78, 5) is 15.3. The van der Waals surface area contributed by atoms with E-state index in [1.165, 1.54) is 6.20 Å². The predicted molar refractivity (Wildman–Crippen MR) is 75.8 cm³/mol. The lowest BCUT2D eigenvalue weighted by Crippen LogP contribution is -2.40. The number of nitrogens with one attached hydrogen (secondary N) is 3. The van der Waals surface area contributed by atoms with E-state index in [9.17, 15) is 4.79 Å². The molecule has 0 aliphatic rings. The summed E-state index contributed by atoms with van der Waals surface area (Å²) in [5.41, 5.74) is 0. The van der Waals surface area contributed by atoms with Gasteiger partial charge in [0.25, 0.3) is 0 Å². The van der Waals surface area contributed by atoms with Gasteiger partial charge in [-0.2, -0.15) is 0 Å². The number of amides is 2. The molecular formula is C11H16Cl2N4O2. The standard InChI is InChI=1S/C11H16Cl2N4O2/c1-7(18)5-17-11(19)15-3-2-14-10-9(13)4-8(12)6-16-10/h4,6-7,18H,2-3,5H2,1H3,(H,14,16)(H2,15,17,19)/t7-/m1/s1. The number of rotatable bonds is 6. The lowest BCUT2D eigenvalue weighted by Gasteiger charge is -2.10. The summed E-state index contributed by atoms with van der Waals surface area (Å²) in [6.07, 6.45) is 0.916. The highest BCUT2D eigenvalue weighted by Gasteiger charge is 2.03. The molecule has 0 saturated heterocycles. The number of aliphatic hydroxyl groups excluding tert-OH is 1. The molecule has 0 unspecified atom stereocenters. The first kappa shape index (κ1) is 15.8. The molecule has 1 heterocycles. The second-order valence-corrected chi connectivity index (χ2v) is 4.74. The highest BCUT2D eigenvalue weighted by atomic mass is 35.5. The largest absolute Gasteiger partial charge is 0.392 e.